The van der Waals surface area contributed by atoms with Gasteiger partial charge in [-0.3, -0.25) is 9.89 Å². The molecule has 18 heavy (non-hydrogen) atoms. The average Bonchev–Trinajstić information content (AvgIpc) is 2.97. The van der Waals surface area contributed by atoms with Crippen molar-refractivity contribution in [3.63, 3.8) is 0 Å². The summed E-state index contributed by atoms with van der Waals surface area (Å²) in [5.41, 5.74) is 1.45. The van der Waals surface area contributed by atoms with E-state index in [-0.39, 0.29) is 5.91 Å². The number of nitrogens with one attached hydrogen (secondary N) is 1. The van der Waals surface area contributed by atoms with Crippen LogP contribution in [0.5, 0.6) is 0 Å². The van der Waals surface area contributed by atoms with Gasteiger partial charge in [0.15, 0.2) is 0 Å². The summed E-state index contributed by atoms with van der Waals surface area (Å²) in [7, 11) is 1.79. The SMILES string of the molecule is CCc1cc(C(=O)N(C)Cc2cc(Br)cs2)n[nH]1. The molecule has 2 aromatic heterocycles. The second-order valence-electron chi connectivity index (χ2n) is 4.02. The van der Waals surface area contributed by atoms with Crippen LogP contribution in [-0.4, -0.2) is 28.1 Å². The first-order valence-electron chi connectivity index (χ1n) is 5.62. The van der Waals surface area contributed by atoms with Gasteiger partial charge in [0.2, 0.25) is 0 Å². The molecule has 0 radical (unpaired) electrons. The monoisotopic (exact) mass is 327 g/mol. The molecule has 96 valence electrons. The van der Waals surface area contributed by atoms with E-state index in [1.54, 1.807) is 23.3 Å². The Morgan fingerprint density at radius 3 is 2.89 bits per heavy atom. The van der Waals surface area contributed by atoms with Gasteiger partial charge in [-0.15, -0.1) is 11.3 Å². The Morgan fingerprint density at radius 2 is 2.33 bits per heavy atom. The molecule has 0 spiro atoms. The lowest BCUT2D eigenvalue weighted by Crippen LogP contribution is -2.26. The van der Waals surface area contributed by atoms with Crippen molar-refractivity contribution in [3.8, 4) is 0 Å². The number of carbonyl (C=O) groups is 1. The Balaban J connectivity index is 2.04. The molecule has 2 heterocycles. The quantitative estimate of drug-likeness (QED) is 0.938. The fraction of sp³-hybridized carbons (Fsp3) is 0.333. The molecule has 0 saturated carbocycles. The third-order valence-corrected chi connectivity index (χ3v) is 4.27. The topological polar surface area (TPSA) is 49.0 Å². The third-order valence-electron chi connectivity index (χ3n) is 2.59. The van der Waals surface area contributed by atoms with E-state index in [2.05, 4.69) is 26.1 Å². The Labute approximate surface area is 118 Å². The van der Waals surface area contributed by atoms with E-state index in [1.807, 2.05) is 24.4 Å². The van der Waals surface area contributed by atoms with Crippen LogP contribution in [0.3, 0.4) is 0 Å². The van der Waals surface area contributed by atoms with Crippen LogP contribution in [-0.2, 0) is 13.0 Å². The predicted molar refractivity (Wildman–Crippen MR) is 75.8 cm³/mol. The maximum absolute atomic E-state index is 12.1. The van der Waals surface area contributed by atoms with Gasteiger partial charge in [-0.05, 0) is 34.5 Å². The van der Waals surface area contributed by atoms with Gasteiger partial charge >= 0.3 is 0 Å². The Kier molecular flexibility index (Phi) is 4.19. The van der Waals surface area contributed by atoms with Crippen molar-refractivity contribution < 1.29 is 4.79 Å². The van der Waals surface area contributed by atoms with Crippen LogP contribution in [0.15, 0.2) is 22.0 Å². The second-order valence-corrected chi connectivity index (χ2v) is 5.94. The number of hydrogen-bond donors (Lipinski definition) is 1. The molecule has 1 N–H and O–H groups in total. The van der Waals surface area contributed by atoms with Crippen molar-refractivity contribution >= 4 is 33.2 Å². The van der Waals surface area contributed by atoms with Gasteiger partial charge in [-0.25, -0.2) is 0 Å². The highest BCUT2D eigenvalue weighted by molar-refractivity contribution is 9.10. The highest BCUT2D eigenvalue weighted by atomic mass is 79.9. The van der Waals surface area contributed by atoms with Gasteiger partial charge in [-0.2, -0.15) is 5.10 Å². The zero-order valence-electron chi connectivity index (χ0n) is 10.2. The molecule has 4 nitrogen and oxygen atoms in total. The smallest absolute Gasteiger partial charge is 0.274 e. The fourth-order valence-corrected chi connectivity index (χ4v) is 3.09. The minimum absolute atomic E-state index is 0.0597. The molecule has 0 aliphatic rings. The summed E-state index contributed by atoms with van der Waals surface area (Å²) in [6.45, 7) is 2.62. The van der Waals surface area contributed by atoms with Gasteiger partial charge < -0.3 is 4.90 Å². The predicted octanol–water partition coefficient (Wildman–Crippen LogP) is 3.07. The van der Waals surface area contributed by atoms with Crippen LogP contribution in [0.25, 0.3) is 0 Å². The normalized spacial score (nSPS) is 10.6. The minimum atomic E-state index is -0.0597. The number of aromatic nitrogens is 2. The molecule has 0 atom stereocenters. The van der Waals surface area contributed by atoms with Gasteiger partial charge in [0, 0.05) is 27.5 Å². The minimum Gasteiger partial charge on any atom is -0.335 e. The van der Waals surface area contributed by atoms with E-state index < -0.39 is 0 Å². The van der Waals surface area contributed by atoms with E-state index >= 15 is 0 Å². The molecule has 2 rings (SSSR count). The zero-order chi connectivity index (χ0) is 13.1. The maximum atomic E-state index is 12.1. The number of carbonyl (C=O) groups excluding carboxylic acids is 1. The van der Waals surface area contributed by atoms with Crippen LogP contribution < -0.4 is 0 Å². The number of halogens is 1. The molecule has 1 amide bonds. The van der Waals surface area contributed by atoms with Gasteiger partial charge in [0.05, 0.1) is 6.54 Å². The van der Waals surface area contributed by atoms with Crippen molar-refractivity contribution in [1.82, 2.24) is 15.1 Å². The highest BCUT2D eigenvalue weighted by Gasteiger charge is 2.15. The summed E-state index contributed by atoms with van der Waals surface area (Å²) < 4.78 is 1.05. The maximum Gasteiger partial charge on any atom is 0.274 e. The molecular formula is C12H14BrN3OS. The van der Waals surface area contributed by atoms with Crippen molar-refractivity contribution in [1.29, 1.82) is 0 Å². The summed E-state index contributed by atoms with van der Waals surface area (Å²) in [5, 5.41) is 8.90. The Hall–Kier alpha value is -1.14. The van der Waals surface area contributed by atoms with Crippen molar-refractivity contribution in [3.05, 3.63) is 38.3 Å². The van der Waals surface area contributed by atoms with E-state index in [4.69, 9.17) is 0 Å². The first kappa shape index (κ1) is 13.3. The van der Waals surface area contributed by atoms with E-state index in [0.717, 1.165) is 21.5 Å². The third kappa shape index (κ3) is 3.00. The number of nitrogens with zero attached hydrogens (tertiary/aromatic N) is 2. The molecule has 6 heteroatoms. The van der Waals surface area contributed by atoms with Crippen LogP contribution >= 0.6 is 27.3 Å². The molecular weight excluding hydrogens is 314 g/mol. The first-order valence-corrected chi connectivity index (χ1v) is 7.30. The van der Waals surface area contributed by atoms with Gasteiger partial charge in [0.25, 0.3) is 5.91 Å². The standard InChI is InChI=1S/C12H14BrN3OS/c1-3-9-5-11(15-14-9)12(17)16(2)6-10-4-8(13)7-18-10/h4-5,7H,3,6H2,1-2H3,(H,14,15). The molecule has 0 aliphatic heterocycles. The van der Waals surface area contributed by atoms with Crippen molar-refractivity contribution in [2.24, 2.45) is 0 Å². The first-order chi connectivity index (χ1) is 8.60. The average molecular weight is 328 g/mol. The molecule has 0 fully saturated rings. The Bertz CT molecular complexity index is 549. The highest BCUT2D eigenvalue weighted by Crippen LogP contribution is 2.21. The Morgan fingerprint density at radius 1 is 1.56 bits per heavy atom. The number of hydrogen-bond acceptors (Lipinski definition) is 3. The number of aromatic amines is 1. The summed E-state index contributed by atoms with van der Waals surface area (Å²) in [6.07, 6.45) is 0.849. The molecule has 2 aromatic rings. The number of thiophene rings is 1. The second kappa shape index (κ2) is 5.67. The lowest BCUT2D eigenvalue weighted by molar-refractivity contribution is 0.0780. The molecule has 0 saturated heterocycles. The van der Waals surface area contributed by atoms with E-state index in [0.29, 0.717) is 12.2 Å². The van der Waals surface area contributed by atoms with Crippen molar-refractivity contribution in [2.75, 3.05) is 7.05 Å². The molecule has 0 bridgehead atoms. The van der Waals surface area contributed by atoms with E-state index in [1.165, 1.54) is 0 Å². The lowest BCUT2D eigenvalue weighted by atomic mass is 10.3. The number of rotatable bonds is 4. The van der Waals surface area contributed by atoms with Gasteiger partial charge in [0.1, 0.15) is 5.69 Å². The molecule has 0 aliphatic carbocycles. The van der Waals surface area contributed by atoms with Crippen LogP contribution in [0.4, 0.5) is 0 Å². The largest absolute Gasteiger partial charge is 0.335 e. The van der Waals surface area contributed by atoms with Crippen molar-refractivity contribution in [2.45, 2.75) is 19.9 Å². The lowest BCUT2D eigenvalue weighted by Gasteiger charge is -2.14. The van der Waals surface area contributed by atoms with Crippen LogP contribution in [0.2, 0.25) is 0 Å². The van der Waals surface area contributed by atoms with Gasteiger partial charge in [-0.1, -0.05) is 6.92 Å². The number of amides is 1. The zero-order valence-corrected chi connectivity index (χ0v) is 12.6. The molecule has 0 unspecified atom stereocenters. The fourth-order valence-electron chi connectivity index (χ4n) is 1.59. The van der Waals surface area contributed by atoms with E-state index in [9.17, 15) is 4.79 Å². The van der Waals surface area contributed by atoms with Crippen LogP contribution in [0, 0.1) is 0 Å². The summed E-state index contributed by atoms with van der Waals surface area (Å²) in [4.78, 5) is 14.9. The number of H-pyrrole nitrogens is 1. The summed E-state index contributed by atoms with van der Waals surface area (Å²) in [6, 6.07) is 3.83. The summed E-state index contributed by atoms with van der Waals surface area (Å²) >= 11 is 5.04. The number of aryl methyl sites for hydroxylation is 1. The summed E-state index contributed by atoms with van der Waals surface area (Å²) in [5.74, 6) is -0.0597. The molecule has 0 aromatic carbocycles. The van der Waals surface area contributed by atoms with Crippen LogP contribution in [0.1, 0.15) is 28.0 Å².